The summed E-state index contributed by atoms with van der Waals surface area (Å²) < 4.78 is 6.17. The fraction of sp³-hybridized carbons (Fsp3) is 0.0357. The van der Waals surface area contributed by atoms with Crippen molar-refractivity contribution < 1.29 is 4.42 Å². The lowest BCUT2D eigenvalue weighted by Gasteiger charge is -2.45. The molecule has 1 aromatic heterocycles. The molecule has 0 saturated heterocycles. The van der Waals surface area contributed by atoms with Crippen molar-refractivity contribution in [3.63, 3.8) is 0 Å². The summed E-state index contributed by atoms with van der Waals surface area (Å²) in [6.07, 6.45) is 0. The highest BCUT2D eigenvalue weighted by molar-refractivity contribution is 6.06. The van der Waals surface area contributed by atoms with Crippen LogP contribution < -0.4 is 4.90 Å². The van der Waals surface area contributed by atoms with Gasteiger partial charge in [-0.15, -0.1) is 0 Å². The van der Waals surface area contributed by atoms with Crippen molar-refractivity contribution in [2.24, 2.45) is 0 Å². The predicted octanol–water partition coefficient (Wildman–Crippen LogP) is 15.0. The normalized spacial score (nSPS) is 14.9. The van der Waals surface area contributed by atoms with Gasteiger partial charge in [0.1, 0.15) is 11.2 Å². The average Bonchev–Trinajstić information content (AvgIpc) is 3.68. The second kappa shape index (κ2) is 13.1. The van der Waals surface area contributed by atoms with Gasteiger partial charge in [-0.25, -0.2) is 0 Å². The van der Waals surface area contributed by atoms with Gasteiger partial charge in [0.25, 0.3) is 0 Å². The average molecular weight is 740 g/mol. The number of nitrogens with zero attached hydrogens (tertiary/aromatic N) is 1. The first kappa shape index (κ1) is 32.8. The van der Waals surface area contributed by atoms with Crippen molar-refractivity contribution in [3.05, 3.63) is 246 Å². The number of rotatable bonds is 6. The van der Waals surface area contributed by atoms with E-state index < -0.39 is 0 Å². The van der Waals surface area contributed by atoms with Crippen molar-refractivity contribution >= 4 is 39.0 Å². The third-order valence-electron chi connectivity index (χ3n) is 12.5. The summed E-state index contributed by atoms with van der Waals surface area (Å²) in [5, 5.41) is 2.28. The van der Waals surface area contributed by atoms with Crippen LogP contribution in [0, 0.1) is 0 Å². The quantitative estimate of drug-likeness (QED) is 0.169. The van der Waals surface area contributed by atoms with E-state index in [1.807, 2.05) is 12.1 Å². The molecule has 1 heterocycles. The Morgan fingerprint density at radius 1 is 0.328 bits per heavy atom. The molecule has 3 aliphatic carbocycles. The Hall–Kier alpha value is -7.42. The topological polar surface area (TPSA) is 16.4 Å². The molecule has 0 radical (unpaired) electrons. The van der Waals surface area contributed by atoms with Crippen LogP contribution in [0.3, 0.4) is 0 Å². The van der Waals surface area contributed by atoms with Gasteiger partial charge >= 0.3 is 0 Å². The minimum Gasteiger partial charge on any atom is -0.456 e. The summed E-state index contributed by atoms with van der Waals surface area (Å²) in [5.41, 5.74) is 21.0. The first-order valence-electron chi connectivity index (χ1n) is 20.2. The van der Waals surface area contributed by atoms with Crippen LogP contribution in [-0.4, -0.2) is 0 Å². The van der Waals surface area contributed by atoms with Crippen molar-refractivity contribution in [2.45, 2.75) is 11.8 Å². The molecule has 2 heteroatoms. The molecule has 0 N–H and O–H groups in total. The van der Waals surface area contributed by atoms with E-state index >= 15 is 0 Å². The molecule has 58 heavy (non-hydrogen) atoms. The second-order valence-electron chi connectivity index (χ2n) is 15.6. The van der Waals surface area contributed by atoms with Crippen LogP contribution in [0.5, 0.6) is 0 Å². The molecule has 10 aromatic rings. The van der Waals surface area contributed by atoms with Crippen LogP contribution in [0.2, 0.25) is 0 Å². The summed E-state index contributed by atoms with van der Waals surface area (Å²) in [6.45, 7) is 0. The number of benzene rings is 9. The Bertz CT molecular complexity index is 3110. The van der Waals surface area contributed by atoms with Gasteiger partial charge in [0.15, 0.2) is 0 Å². The fourth-order valence-corrected chi connectivity index (χ4v) is 9.90. The van der Waals surface area contributed by atoms with E-state index in [1.165, 1.54) is 72.4 Å². The van der Waals surface area contributed by atoms with Crippen LogP contribution in [0.4, 0.5) is 17.1 Å². The van der Waals surface area contributed by atoms with Gasteiger partial charge in [-0.05, 0) is 115 Å². The maximum absolute atomic E-state index is 6.17. The molecule has 0 unspecified atom stereocenters. The minimum absolute atomic E-state index is 0.0907. The predicted molar refractivity (Wildman–Crippen MR) is 239 cm³/mol. The van der Waals surface area contributed by atoms with Crippen molar-refractivity contribution in [1.82, 2.24) is 0 Å². The van der Waals surface area contributed by atoms with Crippen LogP contribution >= 0.6 is 0 Å². The third-order valence-corrected chi connectivity index (χ3v) is 12.5. The van der Waals surface area contributed by atoms with Crippen molar-refractivity contribution in [3.8, 4) is 33.4 Å². The van der Waals surface area contributed by atoms with Crippen LogP contribution in [0.15, 0.2) is 217 Å². The van der Waals surface area contributed by atoms with E-state index in [0.717, 1.165) is 33.3 Å². The fourth-order valence-electron chi connectivity index (χ4n) is 9.90. The zero-order valence-corrected chi connectivity index (χ0v) is 31.7. The Balaban J connectivity index is 1.07. The van der Waals surface area contributed by atoms with Gasteiger partial charge in [-0.2, -0.15) is 0 Å². The van der Waals surface area contributed by atoms with E-state index in [-0.39, 0.29) is 11.8 Å². The highest BCUT2D eigenvalue weighted by Crippen LogP contribution is 2.61. The Kier molecular flexibility index (Phi) is 7.39. The van der Waals surface area contributed by atoms with E-state index in [2.05, 4.69) is 205 Å². The van der Waals surface area contributed by atoms with Crippen molar-refractivity contribution in [2.75, 3.05) is 4.90 Å². The Labute approximate surface area is 337 Å². The number of furan rings is 1. The number of hydrogen-bond acceptors (Lipinski definition) is 2. The zero-order valence-electron chi connectivity index (χ0n) is 31.7. The van der Waals surface area contributed by atoms with Crippen molar-refractivity contribution in [1.29, 1.82) is 0 Å². The molecule has 0 atom stereocenters. The lowest BCUT2D eigenvalue weighted by Crippen LogP contribution is -2.30. The van der Waals surface area contributed by atoms with E-state index in [0.29, 0.717) is 0 Å². The summed E-state index contributed by atoms with van der Waals surface area (Å²) in [7, 11) is 0. The van der Waals surface area contributed by atoms with Gasteiger partial charge in [0, 0.05) is 34.0 Å². The van der Waals surface area contributed by atoms with Gasteiger partial charge in [0.05, 0.1) is 5.69 Å². The van der Waals surface area contributed by atoms with E-state index in [4.69, 9.17) is 4.42 Å². The summed E-state index contributed by atoms with van der Waals surface area (Å²) in [5.74, 6) is 0.217. The number of anilines is 3. The maximum Gasteiger partial charge on any atom is 0.135 e. The SMILES string of the molecule is c1ccc(-c2ccc(N(c3ccc(-c4ccc5oc6ccccc6c5c4)cc3)c3ccc(-c4ccccc4)c4c3C3c5ccccc5C4c4ccccc43)cc2)cc1. The van der Waals surface area contributed by atoms with E-state index in [9.17, 15) is 0 Å². The molecule has 0 fully saturated rings. The lowest BCUT2D eigenvalue weighted by atomic mass is 9.59. The summed E-state index contributed by atoms with van der Waals surface area (Å²) in [4.78, 5) is 2.49. The zero-order chi connectivity index (χ0) is 38.2. The summed E-state index contributed by atoms with van der Waals surface area (Å²) in [6, 6.07) is 77.7. The number of para-hydroxylation sites is 1. The summed E-state index contributed by atoms with van der Waals surface area (Å²) >= 11 is 0. The largest absolute Gasteiger partial charge is 0.456 e. The molecule has 2 nitrogen and oxygen atoms in total. The molecule has 0 aliphatic heterocycles. The third kappa shape index (κ3) is 5.05. The number of hydrogen-bond donors (Lipinski definition) is 0. The van der Waals surface area contributed by atoms with Gasteiger partial charge < -0.3 is 9.32 Å². The lowest BCUT2D eigenvalue weighted by molar-refractivity contribution is 0.669. The van der Waals surface area contributed by atoms with Crippen LogP contribution in [-0.2, 0) is 0 Å². The van der Waals surface area contributed by atoms with Gasteiger partial charge in [-0.1, -0.05) is 164 Å². The van der Waals surface area contributed by atoms with Crippen LogP contribution in [0.1, 0.15) is 45.2 Å². The van der Waals surface area contributed by atoms with Gasteiger partial charge in [0.2, 0.25) is 0 Å². The molecular weight excluding hydrogens is 703 g/mol. The first-order chi connectivity index (χ1) is 28.8. The standard InChI is InChI=1S/C56H37NO/c1-3-13-36(14-4-1)37-23-28-41(29-24-37)57(42-30-25-38(26-31-42)40-27-34-52-49(35-40)44-17-11-12-22-51(44)58-52)50-33-32-43(39-15-5-2-6-16-39)55-53-45-18-7-9-20-47(45)54(56(50)55)48-21-10-8-19-46(48)53/h1-35,53-54H. The molecule has 0 spiro atoms. The molecule has 3 aliphatic rings. The molecule has 0 saturated carbocycles. The Morgan fingerprint density at radius 2 is 0.793 bits per heavy atom. The Morgan fingerprint density at radius 3 is 1.41 bits per heavy atom. The molecule has 13 rings (SSSR count). The number of fused-ring (bicyclic) bond motifs is 3. The molecule has 2 bridgehead atoms. The second-order valence-corrected chi connectivity index (χ2v) is 15.6. The molecule has 272 valence electrons. The van der Waals surface area contributed by atoms with Gasteiger partial charge in [-0.3, -0.25) is 0 Å². The van der Waals surface area contributed by atoms with E-state index in [1.54, 1.807) is 0 Å². The molecule has 9 aromatic carbocycles. The minimum atomic E-state index is 0.0907. The highest BCUT2D eigenvalue weighted by atomic mass is 16.3. The smallest absolute Gasteiger partial charge is 0.135 e. The maximum atomic E-state index is 6.17. The first-order valence-corrected chi connectivity index (χ1v) is 20.2. The van der Waals surface area contributed by atoms with Crippen LogP contribution in [0.25, 0.3) is 55.3 Å². The molecular formula is C56H37NO. The monoisotopic (exact) mass is 739 g/mol. The molecule has 0 amide bonds. The highest BCUT2D eigenvalue weighted by Gasteiger charge is 2.44.